The molecule has 1 aliphatic carbocycles. The number of aryl methyl sites for hydroxylation is 2. The molecule has 0 aliphatic heterocycles. The summed E-state index contributed by atoms with van der Waals surface area (Å²) >= 11 is 5.99. The molecule has 0 radical (unpaired) electrons. The minimum absolute atomic E-state index is 0.310. The number of rotatable bonds is 4. The molecule has 3 heteroatoms. The van der Waals surface area contributed by atoms with Gasteiger partial charge < -0.3 is 10.4 Å². The smallest absolute Gasteiger partial charge is 0.118 e. The average Bonchev–Trinajstić information content (AvgIpc) is 3.27. The number of phenolic OH excluding ortho intramolecular Hbond substituents is 1. The molecule has 2 aromatic rings. The van der Waals surface area contributed by atoms with Crippen LogP contribution < -0.4 is 5.32 Å². The minimum Gasteiger partial charge on any atom is -0.508 e. The molecule has 21 heavy (non-hydrogen) atoms. The van der Waals surface area contributed by atoms with Gasteiger partial charge in [-0.25, -0.2) is 0 Å². The normalized spacial score (nSPS) is 15.8. The third-order valence-electron chi connectivity index (χ3n) is 4.18. The van der Waals surface area contributed by atoms with Crippen molar-refractivity contribution in [1.29, 1.82) is 0 Å². The van der Waals surface area contributed by atoms with E-state index in [2.05, 4.69) is 17.4 Å². The molecule has 1 aliphatic rings. The standard InChI is InChI=1S/C18H20ClNO/c1-11-10-17(21)12(2)9-16(11)20-18(13-3-4-13)14-5-7-15(19)8-6-14/h5-10,13,18,20-21H,3-4H2,1-2H3. The van der Waals surface area contributed by atoms with Gasteiger partial charge in [0.1, 0.15) is 5.75 Å². The Morgan fingerprint density at radius 2 is 1.76 bits per heavy atom. The van der Waals surface area contributed by atoms with Crippen LogP contribution in [0.4, 0.5) is 5.69 Å². The van der Waals surface area contributed by atoms with Gasteiger partial charge in [0.2, 0.25) is 0 Å². The molecule has 3 rings (SSSR count). The van der Waals surface area contributed by atoms with Gasteiger partial charge >= 0.3 is 0 Å². The van der Waals surface area contributed by atoms with E-state index in [0.717, 1.165) is 21.8 Å². The highest BCUT2D eigenvalue weighted by Crippen LogP contribution is 2.43. The van der Waals surface area contributed by atoms with E-state index in [1.54, 1.807) is 0 Å². The maximum Gasteiger partial charge on any atom is 0.118 e. The predicted molar refractivity (Wildman–Crippen MR) is 88.1 cm³/mol. The van der Waals surface area contributed by atoms with Crippen LogP contribution in [0, 0.1) is 19.8 Å². The third kappa shape index (κ3) is 3.16. The first kappa shape index (κ1) is 14.3. The Morgan fingerprint density at radius 1 is 1.10 bits per heavy atom. The molecule has 2 N–H and O–H groups in total. The van der Waals surface area contributed by atoms with E-state index in [0.29, 0.717) is 17.7 Å². The molecule has 110 valence electrons. The highest BCUT2D eigenvalue weighted by Gasteiger charge is 2.32. The van der Waals surface area contributed by atoms with Crippen LogP contribution in [0.25, 0.3) is 0 Å². The van der Waals surface area contributed by atoms with Gasteiger partial charge in [-0.15, -0.1) is 0 Å². The van der Waals surface area contributed by atoms with Gasteiger partial charge in [-0.05, 0) is 73.6 Å². The van der Waals surface area contributed by atoms with Crippen LogP contribution in [0.5, 0.6) is 5.75 Å². The first-order valence-electron chi connectivity index (χ1n) is 7.37. The van der Waals surface area contributed by atoms with Crippen molar-refractivity contribution in [2.24, 2.45) is 5.92 Å². The van der Waals surface area contributed by atoms with E-state index in [1.165, 1.54) is 18.4 Å². The van der Waals surface area contributed by atoms with Crippen LogP contribution in [-0.4, -0.2) is 5.11 Å². The highest BCUT2D eigenvalue weighted by atomic mass is 35.5. The topological polar surface area (TPSA) is 32.3 Å². The molecular formula is C18H20ClNO. The zero-order valence-electron chi connectivity index (χ0n) is 12.4. The molecule has 0 saturated heterocycles. The van der Waals surface area contributed by atoms with Crippen molar-refractivity contribution in [1.82, 2.24) is 0 Å². The minimum atomic E-state index is 0.310. The van der Waals surface area contributed by atoms with E-state index in [-0.39, 0.29) is 0 Å². The summed E-state index contributed by atoms with van der Waals surface area (Å²) in [6.07, 6.45) is 2.52. The molecule has 2 aromatic carbocycles. The molecule has 0 spiro atoms. The number of hydrogen-bond acceptors (Lipinski definition) is 2. The van der Waals surface area contributed by atoms with Crippen molar-refractivity contribution in [3.05, 3.63) is 58.1 Å². The van der Waals surface area contributed by atoms with Crippen molar-refractivity contribution in [3.63, 3.8) is 0 Å². The number of aromatic hydroxyl groups is 1. The van der Waals surface area contributed by atoms with Crippen molar-refractivity contribution >= 4 is 17.3 Å². The first-order valence-corrected chi connectivity index (χ1v) is 7.74. The fourth-order valence-corrected chi connectivity index (χ4v) is 2.82. The number of anilines is 1. The number of nitrogens with one attached hydrogen (secondary N) is 1. The van der Waals surface area contributed by atoms with Gasteiger partial charge in [0.25, 0.3) is 0 Å². The summed E-state index contributed by atoms with van der Waals surface area (Å²) in [7, 11) is 0. The predicted octanol–water partition coefficient (Wildman–Crippen LogP) is 5.23. The fraction of sp³-hybridized carbons (Fsp3) is 0.333. The molecule has 1 unspecified atom stereocenters. The lowest BCUT2D eigenvalue weighted by Gasteiger charge is -2.22. The van der Waals surface area contributed by atoms with Crippen molar-refractivity contribution in [2.45, 2.75) is 32.7 Å². The van der Waals surface area contributed by atoms with Crippen LogP contribution in [-0.2, 0) is 0 Å². The van der Waals surface area contributed by atoms with Gasteiger partial charge in [0.15, 0.2) is 0 Å². The van der Waals surface area contributed by atoms with E-state index >= 15 is 0 Å². The van der Waals surface area contributed by atoms with Crippen LogP contribution in [0.2, 0.25) is 5.02 Å². The molecule has 1 atom stereocenters. The Labute approximate surface area is 130 Å². The monoisotopic (exact) mass is 301 g/mol. The van der Waals surface area contributed by atoms with E-state index in [4.69, 9.17) is 11.6 Å². The van der Waals surface area contributed by atoms with Crippen LogP contribution in [0.1, 0.15) is 35.6 Å². The lowest BCUT2D eigenvalue weighted by molar-refractivity contribution is 0.470. The second kappa shape index (κ2) is 5.61. The largest absolute Gasteiger partial charge is 0.508 e. The molecule has 1 fully saturated rings. The maximum atomic E-state index is 9.79. The fourth-order valence-electron chi connectivity index (χ4n) is 2.70. The Morgan fingerprint density at radius 3 is 2.38 bits per heavy atom. The number of hydrogen-bond donors (Lipinski definition) is 2. The van der Waals surface area contributed by atoms with Gasteiger partial charge in [0.05, 0.1) is 6.04 Å². The highest BCUT2D eigenvalue weighted by molar-refractivity contribution is 6.30. The van der Waals surface area contributed by atoms with Gasteiger partial charge in [-0.3, -0.25) is 0 Å². The molecule has 2 nitrogen and oxygen atoms in total. The number of benzene rings is 2. The van der Waals surface area contributed by atoms with Gasteiger partial charge in [-0.1, -0.05) is 23.7 Å². The van der Waals surface area contributed by atoms with E-state index < -0.39 is 0 Å². The first-order chi connectivity index (χ1) is 10.0. The lowest BCUT2D eigenvalue weighted by atomic mass is 10.0. The van der Waals surface area contributed by atoms with Crippen LogP contribution in [0.15, 0.2) is 36.4 Å². The second-order valence-corrected chi connectivity index (χ2v) is 6.40. The quantitative estimate of drug-likeness (QED) is 0.758. The van der Waals surface area contributed by atoms with Crippen LogP contribution >= 0.6 is 11.6 Å². The van der Waals surface area contributed by atoms with Gasteiger partial charge in [-0.2, -0.15) is 0 Å². The van der Waals surface area contributed by atoms with Crippen molar-refractivity contribution in [2.75, 3.05) is 5.32 Å². The molecular weight excluding hydrogens is 282 g/mol. The number of phenols is 1. The summed E-state index contributed by atoms with van der Waals surface area (Å²) in [6.45, 7) is 3.95. The Bertz CT molecular complexity index is 647. The zero-order valence-corrected chi connectivity index (χ0v) is 13.1. The number of halogens is 1. The summed E-state index contributed by atoms with van der Waals surface area (Å²) in [4.78, 5) is 0. The summed E-state index contributed by atoms with van der Waals surface area (Å²) in [5, 5.41) is 14.2. The molecule has 0 amide bonds. The Kier molecular flexibility index (Phi) is 3.81. The molecule has 1 saturated carbocycles. The van der Waals surface area contributed by atoms with Gasteiger partial charge in [0, 0.05) is 10.7 Å². The maximum absolute atomic E-state index is 9.79. The van der Waals surface area contributed by atoms with Crippen molar-refractivity contribution in [3.8, 4) is 5.75 Å². The summed E-state index contributed by atoms with van der Waals surface area (Å²) < 4.78 is 0. The summed E-state index contributed by atoms with van der Waals surface area (Å²) in [6, 6.07) is 12.2. The Balaban J connectivity index is 1.89. The lowest BCUT2D eigenvalue weighted by Crippen LogP contribution is -2.13. The van der Waals surface area contributed by atoms with Crippen LogP contribution in [0.3, 0.4) is 0 Å². The van der Waals surface area contributed by atoms with E-state index in [1.807, 2.05) is 38.1 Å². The second-order valence-electron chi connectivity index (χ2n) is 5.96. The SMILES string of the molecule is Cc1cc(NC(c2ccc(Cl)cc2)C2CC2)c(C)cc1O. The molecule has 0 heterocycles. The molecule has 0 aromatic heterocycles. The summed E-state index contributed by atoms with van der Waals surface area (Å²) in [5.41, 5.74) is 4.33. The zero-order chi connectivity index (χ0) is 15.0. The Hall–Kier alpha value is -1.67. The molecule has 0 bridgehead atoms. The van der Waals surface area contributed by atoms with Crippen molar-refractivity contribution < 1.29 is 5.11 Å². The van der Waals surface area contributed by atoms with E-state index in [9.17, 15) is 5.11 Å². The average molecular weight is 302 g/mol. The summed E-state index contributed by atoms with van der Waals surface area (Å²) in [5.74, 6) is 1.03. The third-order valence-corrected chi connectivity index (χ3v) is 4.43.